The fourth-order valence-electron chi connectivity index (χ4n) is 2.67. The number of ether oxygens (including phenoxy) is 2. The molecule has 0 aliphatic heterocycles. The van der Waals surface area contributed by atoms with Crippen molar-refractivity contribution in [1.82, 2.24) is 4.57 Å². The molecule has 0 bridgehead atoms. The Morgan fingerprint density at radius 3 is 2.50 bits per heavy atom. The molecule has 8 heteroatoms. The van der Waals surface area contributed by atoms with Crippen LogP contribution in [0.3, 0.4) is 0 Å². The van der Waals surface area contributed by atoms with Crippen LogP contribution in [0.2, 0.25) is 0 Å². The van der Waals surface area contributed by atoms with E-state index in [1.165, 1.54) is 11.7 Å². The van der Waals surface area contributed by atoms with Crippen LogP contribution < -0.4 is 10.9 Å². The largest absolute Gasteiger partial charge is 0.462 e. The van der Waals surface area contributed by atoms with Gasteiger partial charge in [-0.25, -0.2) is 4.79 Å². The summed E-state index contributed by atoms with van der Waals surface area (Å²) in [5.41, 5.74) is 1.29. The van der Waals surface area contributed by atoms with E-state index in [9.17, 15) is 19.6 Å². The van der Waals surface area contributed by atoms with Crippen molar-refractivity contribution in [3.8, 4) is 6.07 Å². The number of aromatic nitrogens is 1. The quantitative estimate of drug-likeness (QED) is 0.732. The Bertz CT molecular complexity index is 971. The number of rotatable bonds is 7. The van der Waals surface area contributed by atoms with E-state index >= 15 is 0 Å². The molecule has 0 saturated heterocycles. The number of nitrogens with one attached hydrogen (secondary N) is 1. The molecule has 0 spiro atoms. The zero-order valence-corrected chi connectivity index (χ0v) is 15.9. The second-order valence-electron chi connectivity index (χ2n) is 5.97. The maximum absolute atomic E-state index is 12.5. The van der Waals surface area contributed by atoms with E-state index < -0.39 is 17.4 Å². The first-order chi connectivity index (χ1) is 13.4. The molecule has 1 heterocycles. The Balaban J connectivity index is 2.16. The molecule has 28 heavy (non-hydrogen) atoms. The highest BCUT2D eigenvalue weighted by molar-refractivity contribution is 5.93. The molecule has 0 aliphatic carbocycles. The summed E-state index contributed by atoms with van der Waals surface area (Å²) in [7, 11) is 1.47. The van der Waals surface area contributed by atoms with Crippen molar-refractivity contribution in [2.75, 3.05) is 19.0 Å². The maximum atomic E-state index is 12.5. The maximum Gasteiger partial charge on any atom is 0.338 e. The summed E-state index contributed by atoms with van der Waals surface area (Å²) in [6.07, 6.45) is 0. The average molecular weight is 383 g/mol. The van der Waals surface area contributed by atoms with Crippen molar-refractivity contribution in [2.24, 2.45) is 0 Å². The lowest BCUT2D eigenvalue weighted by atomic mass is 10.1. The number of hydrogen-bond acceptors (Lipinski definition) is 6. The Labute approximate surface area is 162 Å². The molecule has 8 nitrogen and oxygen atoms in total. The van der Waals surface area contributed by atoms with Crippen molar-refractivity contribution >= 4 is 17.6 Å². The lowest BCUT2D eigenvalue weighted by Gasteiger charge is -2.13. The molecule has 146 valence electrons. The van der Waals surface area contributed by atoms with Gasteiger partial charge in [-0.3, -0.25) is 9.59 Å². The van der Waals surface area contributed by atoms with Gasteiger partial charge >= 0.3 is 5.97 Å². The lowest BCUT2D eigenvalue weighted by Crippen LogP contribution is -2.31. The first kappa shape index (κ1) is 20.9. The summed E-state index contributed by atoms with van der Waals surface area (Å²) in [5, 5.41) is 11.9. The highest BCUT2D eigenvalue weighted by Gasteiger charge is 2.15. The summed E-state index contributed by atoms with van der Waals surface area (Å²) < 4.78 is 11.2. The molecule has 0 fully saturated rings. The fraction of sp³-hybridized carbons (Fsp3) is 0.300. The van der Waals surface area contributed by atoms with Crippen molar-refractivity contribution in [1.29, 1.82) is 5.26 Å². The molecule has 1 amide bonds. The normalized spacial score (nSPS) is 10.2. The molecule has 0 aliphatic rings. The number of carbonyl (C=O) groups excluding carboxylic acids is 2. The Kier molecular flexibility index (Phi) is 7.07. The number of aryl methyl sites for hydroxylation is 1. The van der Waals surface area contributed by atoms with Gasteiger partial charge in [0, 0.05) is 24.1 Å². The molecule has 2 rings (SSSR count). The lowest BCUT2D eigenvalue weighted by molar-refractivity contribution is -0.116. The molecule has 0 saturated carbocycles. The zero-order valence-electron chi connectivity index (χ0n) is 15.9. The van der Waals surface area contributed by atoms with E-state index in [4.69, 9.17) is 9.47 Å². The van der Waals surface area contributed by atoms with Crippen LogP contribution in [-0.4, -0.2) is 30.2 Å². The minimum Gasteiger partial charge on any atom is -0.462 e. The van der Waals surface area contributed by atoms with Gasteiger partial charge in [-0.15, -0.1) is 0 Å². The van der Waals surface area contributed by atoms with Gasteiger partial charge in [-0.2, -0.15) is 5.26 Å². The molecule has 2 aromatic rings. The average Bonchev–Trinajstić information content (AvgIpc) is 2.66. The minimum atomic E-state index is -0.539. The van der Waals surface area contributed by atoms with Gasteiger partial charge in [0.1, 0.15) is 18.2 Å². The van der Waals surface area contributed by atoms with Gasteiger partial charge in [0.25, 0.3) is 5.56 Å². The Hall–Kier alpha value is -3.44. The van der Waals surface area contributed by atoms with Crippen LogP contribution in [0.25, 0.3) is 0 Å². The number of nitriles is 1. The van der Waals surface area contributed by atoms with E-state index in [0.717, 1.165) is 0 Å². The summed E-state index contributed by atoms with van der Waals surface area (Å²) in [5.74, 6) is -0.875. The fourth-order valence-corrected chi connectivity index (χ4v) is 2.67. The standard InChI is InChI=1S/C20H21N3O5/c1-4-28-20(26)14-5-7-16(8-6-14)22-18(24)11-23-13(2)9-15(12-27-3)17(10-21)19(23)25/h5-9H,4,11-12H2,1-3H3,(H,22,24). The van der Waals surface area contributed by atoms with E-state index in [1.807, 2.05) is 6.07 Å². The van der Waals surface area contributed by atoms with Crippen LogP contribution in [0.4, 0.5) is 5.69 Å². The van der Waals surface area contributed by atoms with Crippen molar-refractivity contribution < 1.29 is 19.1 Å². The number of anilines is 1. The third-order valence-corrected chi connectivity index (χ3v) is 3.98. The predicted octanol–water partition coefficient (Wildman–Crippen LogP) is 1.99. The summed E-state index contributed by atoms with van der Waals surface area (Å²) >= 11 is 0. The number of hydrogen-bond donors (Lipinski definition) is 1. The molecule has 0 atom stereocenters. The molecule has 0 unspecified atom stereocenters. The second-order valence-corrected chi connectivity index (χ2v) is 5.97. The highest BCUT2D eigenvalue weighted by atomic mass is 16.5. The molecule has 1 aromatic heterocycles. The Morgan fingerprint density at radius 2 is 1.93 bits per heavy atom. The van der Waals surface area contributed by atoms with Gasteiger partial charge < -0.3 is 19.4 Å². The molecule has 1 aromatic carbocycles. The van der Waals surface area contributed by atoms with Gasteiger partial charge in [0.15, 0.2) is 0 Å². The number of amides is 1. The van der Waals surface area contributed by atoms with Crippen LogP contribution in [0.15, 0.2) is 35.1 Å². The number of nitrogens with zero attached hydrogens (tertiary/aromatic N) is 2. The van der Waals surface area contributed by atoms with E-state index in [0.29, 0.717) is 22.5 Å². The number of pyridine rings is 1. The van der Waals surface area contributed by atoms with Gasteiger partial charge in [-0.1, -0.05) is 0 Å². The topological polar surface area (TPSA) is 110 Å². The van der Waals surface area contributed by atoms with Crippen molar-refractivity contribution in [3.63, 3.8) is 0 Å². The first-order valence-corrected chi connectivity index (χ1v) is 8.60. The summed E-state index contributed by atoms with van der Waals surface area (Å²) in [6.45, 7) is 3.57. The number of benzene rings is 1. The van der Waals surface area contributed by atoms with E-state index in [2.05, 4.69) is 5.32 Å². The van der Waals surface area contributed by atoms with Crippen LogP contribution >= 0.6 is 0 Å². The molecule has 0 radical (unpaired) electrons. The van der Waals surface area contributed by atoms with Crippen LogP contribution in [-0.2, 0) is 27.4 Å². The first-order valence-electron chi connectivity index (χ1n) is 8.60. The molecular formula is C20H21N3O5. The second kappa shape index (κ2) is 9.48. The van der Waals surface area contributed by atoms with Crippen LogP contribution in [0.1, 0.15) is 34.1 Å². The Morgan fingerprint density at radius 1 is 1.25 bits per heavy atom. The van der Waals surface area contributed by atoms with Crippen LogP contribution in [0, 0.1) is 18.3 Å². The monoisotopic (exact) mass is 383 g/mol. The predicted molar refractivity (Wildman–Crippen MR) is 102 cm³/mol. The summed E-state index contributed by atoms with van der Waals surface area (Å²) in [6, 6.07) is 9.76. The van der Waals surface area contributed by atoms with Gasteiger partial charge in [-0.05, 0) is 44.2 Å². The molecule has 1 N–H and O–H groups in total. The van der Waals surface area contributed by atoms with Gasteiger partial charge in [0.05, 0.1) is 18.8 Å². The van der Waals surface area contributed by atoms with Crippen molar-refractivity contribution in [3.05, 3.63) is 63.1 Å². The third kappa shape index (κ3) is 4.84. The smallest absolute Gasteiger partial charge is 0.338 e. The van der Waals surface area contributed by atoms with Crippen LogP contribution in [0.5, 0.6) is 0 Å². The van der Waals surface area contributed by atoms with Crippen molar-refractivity contribution in [2.45, 2.75) is 27.0 Å². The SMILES string of the molecule is CCOC(=O)c1ccc(NC(=O)Cn2c(C)cc(COC)c(C#N)c2=O)cc1. The minimum absolute atomic E-state index is 0.0426. The van der Waals surface area contributed by atoms with E-state index in [-0.39, 0.29) is 25.3 Å². The zero-order chi connectivity index (χ0) is 20.7. The summed E-state index contributed by atoms with van der Waals surface area (Å²) in [4.78, 5) is 36.5. The van der Waals surface area contributed by atoms with Gasteiger partial charge in [0.2, 0.25) is 5.91 Å². The highest BCUT2D eigenvalue weighted by Crippen LogP contribution is 2.12. The molecular weight excluding hydrogens is 362 g/mol. The number of esters is 1. The van der Waals surface area contributed by atoms with E-state index in [1.54, 1.807) is 44.2 Å². The third-order valence-electron chi connectivity index (χ3n) is 3.98. The number of methoxy groups -OCH3 is 1. The number of carbonyl (C=O) groups is 2.